The summed E-state index contributed by atoms with van der Waals surface area (Å²) < 4.78 is 28.7. The summed E-state index contributed by atoms with van der Waals surface area (Å²) in [5, 5.41) is 3.60. The van der Waals surface area contributed by atoms with Crippen molar-refractivity contribution >= 4 is 10.2 Å². The zero-order valence-electron chi connectivity index (χ0n) is 13.6. The minimum atomic E-state index is -3.25. The van der Waals surface area contributed by atoms with Gasteiger partial charge in [-0.2, -0.15) is 17.0 Å². The summed E-state index contributed by atoms with van der Waals surface area (Å²) in [6.07, 6.45) is 6.36. The minimum absolute atomic E-state index is 0.503. The fourth-order valence-electron chi connectivity index (χ4n) is 2.95. The van der Waals surface area contributed by atoms with Crippen molar-refractivity contribution in [1.82, 2.24) is 13.9 Å². The van der Waals surface area contributed by atoms with E-state index in [1.54, 1.807) is 8.61 Å². The van der Waals surface area contributed by atoms with Crippen LogP contribution in [0.25, 0.3) is 0 Å². The second-order valence-corrected chi connectivity index (χ2v) is 8.36. The molecule has 0 aromatic heterocycles. The van der Waals surface area contributed by atoms with Crippen LogP contribution in [0.15, 0.2) is 0 Å². The highest BCUT2D eigenvalue weighted by molar-refractivity contribution is 7.86. The van der Waals surface area contributed by atoms with Crippen molar-refractivity contribution in [3.8, 4) is 0 Å². The van der Waals surface area contributed by atoms with Gasteiger partial charge in [-0.1, -0.05) is 13.8 Å². The Kier molecular flexibility index (Phi) is 6.47. The lowest BCUT2D eigenvalue weighted by molar-refractivity contribution is 0.265. The average molecular weight is 317 g/mol. The van der Waals surface area contributed by atoms with E-state index in [1.807, 2.05) is 13.8 Å². The molecule has 2 rings (SSSR count). The molecule has 6 heteroatoms. The largest absolute Gasteiger partial charge is 0.314 e. The lowest BCUT2D eigenvalue weighted by Gasteiger charge is -2.35. The van der Waals surface area contributed by atoms with Gasteiger partial charge in [-0.3, -0.25) is 0 Å². The zero-order chi connectivity index (χ0) is 15.3. The molecule has 2 aliphatic rings. The van der Waals surface area contributed by atoms with Crippen molar-refractivity contribution in [2.75, 3.05) is 32.7 Å². The fraction of sp³-hybridized carbons (Fsp3) is 1.00. The van der Waals surface area contributed by atoms with Crippen molar-refractivity contribution in [2.24, 2.45) is 5.92 Å². The molecule has 1 aliphatic carbocycles. The molecular formula is C15H31N3O2S. The molecule has 1 aliphatic heterocycles. The molecule has 0 amide bonds. The Morgan fingerprint density at radius 2 is 1.62 bits per heavy atom. The van der Waals surface area contributed by atoms with E-state index in [4.69, 9.17) is 0 Å². The van der Waals surface area contributed by atoms with Crippen LogP contribution in [0.3, 0.4) is 0 Å². The van der Waals surface area contributed by atoms with E-state index in [0.29, 0.717) is 32.2 Å². The molecule has 1 N–H and O–H groups in total. The molecule has 21 heavy (non-hydrogen) atoms. The summed E-state index contributed by atoms with van der Waals surface area (Å²) in [6, 6.07) is 0.503. The predicted molar refractivity (Wildman–Crippen MR) is 86.4 cm³/mol. The van der Waals surface area contributed by atoms with Gasteiger partial charge in [-0.05, 0) is 51.0 Å². The Balaban J connectivity index is 1.83. The fourth-order valence-corrected chi connectivity index (χ4v) is 4.78. The third kappa shape index (κ3) is 4.91. The van der Waals surface area contributed by atoms with Gasteiger partial charge < -0.3 is 5.32 Å². The topological polar surface area (TPSA) is 52.7 Å². The highest BCUT2D eigenvalue weighted by Gasteiger charge is 2.32. The molecule has 0 bridgehead atoms. The SMILES string of the molecule is CCCN(CCC)S(=O)(=O)N1CCC(NCC2CC2)CC1. The predicted octanol–water partition coefficient (Wildman–Crippen LogP) is 1.82. The minimum Gasteiger partial charge on any atom is -0.314 e. The summed E-state index contributed by atoms with van der Waals surface area (Å²) in [5.74, 6) is 0.886. The zero-order valence-corrected chi connectivity index (χ0v) is 14.4. The Labute approximate surface area is 130 Å². The summed E-state index contributed by atoms with van der Waals surface area (Å²) in [6.45, 7) is 7.78. The quantitative estimate of drug-likeness (QED) is 0.706. The Morgan fingerprint density at radius 3 is 2.10 bits per heavy atom. The average Bonchev–Trinajstić information content (AvgIpc) is 3.29. The van der Waals surface area contributed by atoms with Gasteiger partial charge in [-0.25, -0.2) is 0 Å². The molecule has 1 saturated carbocycles. The van der Waals surface area contributed by atoms with Crippen LogP contribution in [-0.2, 0) is 10.2 Å². The Morgan fingerprint density at radius 1 is 1.05 bits per heavy atom. The van der Waals surface area contributed by atoms with Gasteiger partial charge in [0.1, 0.15) is 0 Å². The molecule has 0 spiro atoms. The monoisotopic (exact) mass is 317 g/mol. The van der Waals surface area contributed by atoms with Gasteiger partial charge in [0.25, 0.3) is 10.2 Å². The second-order valence-electron chi connectivity index (χ2n) is 6.43. The normalized spacial score (nSPS) is 22.0. The van der Waals surface area contributed by atoms with E-state index in [9.17, 15) is 8.42 Å². The van der Waals surface area contributed by atoms with E-state index in [2.05, 4.69) is 5.32 Å². The molecule has 0 unspecified atom stereocenters. The molecule has 5 nitrogen and oxygen atoms in total. The van der Waals surface area contributed by atoms with E-state index < -0.39 is 10.2 Å². The van der Waals surface area contributed by atoms with Crippen molar-refractivity contribution < 1.29 is 8.42 Å². The van der Waals surface area contributed by atoms with E-state index in [1.165, 1.54) is 12.8 Å². The van der Waals surface area contributed by atoms with Crippen LogP contribution in [0.4, 0.5) is 0 Å². The van der Waals surface area contributed by atoms with Gasteiger partial charge >= 0.3 is 0 Å². The van der Waals surface area contributed by atoms with Crippen LogP contribution in [0.2, 0.25) is 0 Å². The number of hydrogen-bond donors (Lipinski definition) is 1. The van der Waals surface area contributed by atoms with Gasteiger partial charge in [-0.15, -0.1) is 0 Å². The third-order valence-electron chi connectivity index (χ3n) is 4.44. The lowest BCUT2D eigenvalue weighted by atomic mass is 10.1. The maximum atomic E-state index is 12.7. The summed E-state index contributed by atoms with van der Waals surface area (Å²) in [5.41, 5.74) is 0. The van der Waals surface area contributed by atoms with Crippen LogP contribution in [0.1, 0.15) is 52.4 Å². The van der Waals surface area contributed by atoms with E-state index in [-0.39, 0.29) is 0 Å². The number of rotatable bonds is 9. The van der Waals surface area contributed by atoms with Gasteiger partial charge in [0.15, 0.2) is 0 Å². The van der Waals surface area contributed by atoms with Gasteiger partial charge in [0.05, 0.1) is 0 Å². The standard InChI is InChI=1S/C15H31N3O2S/c1-3-9-17(10-4-2)21(19,20)18-11-7-15(8-12-18)16-13-14-5-6-14/h14-16H,3-13H2,1-2H3. The molecule has 0 aromatic rings. The Bertz CT molecular complexity index is 395. The molecule has 2 fully saturated rings. The first-order valence-electron chi connectivity index (χ1n) is 8.56. The van der Waals surface area contributed by atoms with Crippen LogP contribution in [-0.4, -0.2) is 55.8 Å². The maximum Gasteiger partial charge on any atom is 0.281 e. The number of nitrogens with zero attached hydrogens (tertiary/aromatic N) is 2. The smallest absolute Gasteiger partial charge is 0.281 e. The highest BCUT2D eigenvalue weighted by Crippen LogP contribution is 2.28. The molecule has 0 radical (unpaired) electrons. The number of hydrogen-bond acceptors (Lipinski definition) is 3. The van der Waals surface area contributed by atoms with Crippen LogP contribution in [0.5, 0.6) is 0 Å². The first-order valence-corrected chi connectivity index (χ1v) is 9.96. The molecule has 1 heterocycles. The molecule has 0 aromatic carbocycles. The van der Waals surface area contributed by atoms with Gasteiger partial charge in [0.2, 0.25) is 0 Å². The van der Waals surface area contributed by atoms with Crippen LogP contribution in [0, 0.1) is 5.92 Å². The third-order valence-corrected chi connectivity index (χ3v) is 6.48. The summed E-state index contributed by atoms with van der Waals surface area (Å²) in [4.78, 5) is 0. The second kappa shape index (κ2) is 7.90. The number of piperidine rings is 1. The van der Waals surface area contributed by atoms with Crippen molar-refractivity contribution in [3.63, 3.8) is 0 Å². The molecule has 0 atom stereocenters. The molecule has 1 saturated heterocycles. The van der Waals surface area contributed by atoms with Crippen LogP contribution >= 0.6 is 0 Å². The van der Waals surface area contributed by atoms with Crippen molar-refractivity contribution in [1.29, 1.82) is 0 Å². The molecule has 124 valence electrons. The summed E-state index contributed by atoms with van der Waals surface area (Å²) in [7, 11) is -3.25. The van der Waals surface area contributed by atoms with Crippen molar-refractivity contribution in [2.45, 2.75) is 58.4 Å². The number of nitrogens with one attached hydrogen (secondary N) is 1. The Hall–Kier alpha value is -0.170. The maximum absolute atomic E-state index is 12.7. The lowest BCUT2D eigenvalue weighted by Crippen LogP contribution is -2.50. The first-order chi connectivity index (χ1) is 10.1. The first kappa shape index (κ1) is 17.2. The van der Waals surface area contributed by atoms with Crippen LogP contribution < -0.4 is 5.32 Å². The highest BCUT2D eigenvalue weighted by atomic mass is 32.2. The van der Waals surface area contributed by atoms with E-state index in [0.717, 1.165) is 38.1 Å². The summed E-state index contributed by atoms with van der Waals surface area (Å²) >= 11 is 0. The van der Waals surface area contributed by atoms with E-state index >= 15 is 0 Å². The van der Waals surface area contributed by atoms with Crippen molar-refractivity contribution in [3.05, 3.63) is 0 Å². The van der Waals surface area contributed by atoms with Gasteiger partial charge in [0, 0.05) is 32.2 Å². The molecular weight excluding hydrogens is 286 g/mol.